The second-order valence-corrected chi connectivity index (χ2v) is 10.6. The maximum Gasteiger partial charge on any atom is 0.408 e. The van der Waals surface area contributed by atoms with Crippen LogP contribution in [0.15, 0.2) is 36.7 Å². The molecule has 2 heterocycles. The van der Waals surface area contributed by atoms with E-state index in [9.17, 15) is 14.4 Å². The van der Waals surface area contributed by atoms with Crippen molar-refractivity contribution in [1.29, 1.82) is 0 Å². The number of carbonyl (C=O) groups excluding carboxylic acids is 3. The van der Waals surface area contributed by atoms with Gasteiger partial charge in [0.25, 0.3) is 0 Å². The number of amides is 2. The summed E-state index contributed by atoms with van der Waals surface area (Å²) in [5, 5.41) is 2.50. The smallest absolute Gasteiger partial charge is 0.408 e. The largest absolute Gasteiger partial charge is 0.469 e. The van der Waals surface area contributed by atoms with Crippen molar-refractivity contribution in [2.24, 2.45) is 5.92 Å². The van der Waals surface area contributed by atoms with Gasteiger partial charge in [-0.1, -0.05) is 18.2 Å². The van der Waals surface area contributed by atoms with Crippen molar-refractivity contribution in [2.75, 3.05) is 38.7 Å². The molecule has 10 nitrogen and oxygen atoms in total. The minimum absolute atomic E-state index is 0.136. The lowest BCUT2D eigenvalue weighted by Gasteiger charge is -2.31. The van der Waals surface area contributed by atoms with Gasteiger partial charge in [0.1, 0.15) is 12.1 Å². The van der Waals surface area contributed by atoms with Crippen LogP contribution in [0.4, 0.5) is 10.7 Å². The number of piperidine rings is 1. The van der Waals surface area contributed by atoms with E-state index in [4.69, 9.17) is 9.47 Å². The summed E-state index contributed by atoms with van der Waals surface area (Å²) in [7, 11) is 3.12. The normalized spacial score (nSPS) is 14.1. The highest BCUT2D eigenvalue weighted by Gasteiger charge is 2.22. The molecule has 0 bridgehead atoms. The molecule has 38 heavy (non-hydrogen) atoms. The van der Waals surface area contributed by atoms with Crippen molar-refractivity contribution in [1.82, 2.24) is 20.2 Å². The van der Waals surface area contributed by atoms with Crippen LogP contribution >= 0.6 is 0 Å². The number of esters is 1. The van der Waals surface area contributed by atoms with E-state index in [1.165, 1.54) is 7.11 Å². The molecular weight excluding hydrogens is 486 g/mol. The summed E-state index contributed by atoms with van der Waals surface area (Å²) in [6.45, 7) is 7.30. The zero-order chi connectivity index (χ0) is 27.7. The highest BCUT2D eigenvalue weighted by atomic mass is 16.6. The van der Waals surface area contributed by atoms with Gasteiger partial charge in [0.05, 0.1) is 7.11 Å². The first-order valence-corrected chi connectivity index (χ1v) is 13.0. The average molecular weight is 526 g/mol. The number of hydrogen-bond donors (Lipinski definition) is 1. The highest BCUT2D eigenvalue weighted by molar-refractivity contribution is 5.82. The van der Waals surface area contributed by atoms with Crippen molar-refractivity contribution < 1.29 is 23.9 Å². The number of hydrogen-bond acceptors (Lipinski definition) is 8. The van der Waals surface area contributed by atoms with Crippen molar-refractivity contribution >= 4 is 23.9 Å². The van der Waals surface area contributed by atoms with Gasteiger partial charge in [0.15, 0.2) is 0 Å². The van der Waals surface area contributed by atoms with E-state index in [0.29, 0.717) is 24.8 Å². The van der Waals surface area contributed by atoms with Crippen molar-refractivity contribution in [3.63, 3.8) is 0 Å². The molecule has 1 N–H and O–H groups in total. The molecule has 1 fully saturated rings. The van der Waals surface area contributed by atoms with Gasteiger partial charge in [-0.2, -0.15) is 0 Å². The van der Waals surface area contributed by atoms with Crippen molar-refractivity contribution in [3.8, 4) is 11.1 Å². The third kappa shape index (κ3) is 9.00. The molecule has 1 aliphatic rings. The molecule has 0 aliphatic carbocycles. The molecule has 1 aliphatic heterocycles. The maximum atomic E-state index is 12.5. The number of methoxy groups -OCH3 is 1. The first kappa shape index (κ1) is 28.9. The Morgan fingerprint density at radius 2 is 1.79 bits per heavy atom. The SMILES string of the molecule is COC(=O)CCC1CCN(c2ncc(-c3cccc(CN(C)C(=O)CNC(=O)OC(C)(C)C)c3)cn2)CC1. The fraction of sp³-hybridized carbons (Fsp3) is 0.536. The summed E-state index contributed by atoms with van der Waals surface area (Å²) in [5.74, 6) is 0.858. The van der Waals surface area contributed by atoms with E-state index in [1.807, 2.05) is 36.7 Å². The Morgan fingerprint density at radius 1 is 1.11 bits per heavy atom. The molecule has 0 atom stereocenters. The van der Waals surface area contributed by atoms with E-state index in [2.05, 4.69) is 20.2 Å². The quantitative estimate of drug-likeness (QED) is 0.492. The molecule has 0 radical (unpaired) electrons. The lowest BCUT2D eigenvalue weighted by atomic mass is 9.92. The number of ether oxygens (including phenoxy) is 2. The topological polar surface area (TPSA) is 114 Å². The molecule has 2 aromatic rings. The number of nitrogens with one attached hydrogen (secondary N) is 1. The van der Waals surface area contributed by atoms with Crippen LogP contribution in [0.1, 0.15) is 52.0 Å². The summed E-state index contributed by atoms with van der Waals surface area (Å²) in [5.41, 5.74) is 2.19. The Kier molecular flexibility index (Phi) is 10.0. The highest BCUT2D eigenvalue weighted by Crippen LogP contribution is 2.26. The third-order valence-corrected chi connectivity index (χ3v) is 6.41. The zero-order valence-electron chi connectivity index (χ0n) is 23.0. The van der Waals surface area contributed by atoms with E-state index in [-0.39, 0.29) is 18.4 Å². The lowest BCUT2D eigenvalue weighted by Crippen LogP contribution is -2.40. The van der Waals surface area contributed by atoms with Gasteiger partial charge < -0.3 is 24.6 Å². The summed E-state index contributed by atoms with van der Waals surface area (Å²) < 4.78 is 9.92. The second-order valence-electron chi connectivity index (χ2n) is 10.6. The van der Waals surface area contributed by atoms with Gasteiger partial charge in [-0.3, -0.25) is 9.59 Å². The number of nitrogens with zero attached hydrogens (tertiary/aromatic N) is 4. The van der Waals surface area contributed by atoms with Crippen LogP contribution in [0.25, 0.3) is 11.1 Å². The molecule has 0 spiro atoms. The summed E-state index contributed by atoms with van der Waals surface area (Å²) in [4.78, 5) is 48.6. The van der Waals surface area contributed by atoms with Gasteiger partial charge in [0, 0.05) is 51.1 Å². The number of carbonyl (C=O) groups is 3. The van der Waals surface area contributed by atoms with Gasteiger partial charge in [-0.15, -0.1) is 0 Å². The van der Waals surface area contributed by atoms with E-state index in [1.54, 1.807) is 32.7 Å². The zero-order valence-corrected chi connectivity index (χ0v) is 23.0. The van der Waals surface area contributed by atoms with Crippen LogP contribution in [-0.4, -0.2) is 72.2 Å². The number of anilines is 1. The Balaban J connectivity index is 1.51. The molecule has 1 aromatic carbocycles. The van der Waals surface area contributed by atoms with Crippen LogP contribution in [0.5, 0.6) is 0 Å². The fourth-order valence-corrected chi connectivity index (χ4v) is 4.29. The standard InChI is InChI=1S/C28H39N5O5/c1-28(2,3)38-27(36)31-18-24(34)32(4)19-21-7-6-8-22(15-21)23-16-29-26(30-17-23)33-13-11-20(12-14-33)9-10-25(35)37-5/h6-8,15-17,20H,9-14,18-19H2,1-5H3,(H,31,36). The Labute approximate surface area is 224 Å². The Hall–Kier alpha value is -3.69. The molecule has 1 aromatic heterocycles. The Morgan fingerprint density at radius 3 is 2.42 bits per heavy atom. The summed E-state index contributed by atoms with van der Waals surface area (Å²) >= 11 is 0. The molecule has 0 saturated carbocycles. The first-order valence-electron chi connectivity index (χ1n) is 13.0. The molecule has 3 rings (SSSR count). The predicted molar refractivity (Wildman–Crippen MR) is 144 cm³/mol. The van der Waals surface area contributed by atoms with Crippen LogP contribution in [0.2, 0.25) is 0 Å². The minimum atomic E-state index is -0.620. The summed E-state index contributed by atoms with van der Waals surface area (Å²) in [6, 6.07) is 7.89. The third-order valence-electron chi connectivity index (χ3n) is 6.41. The fourth-order valence-electron chi connectivity index (χ4n) is 4.29. The van der Waals surface area contributed by atoms with Crippen molar-refractivity contribution in [3.05, 3.63) is 42.2 Å². The molecule has 10 heteroatoms. The van der Waals surface area contributed by atoms with Gasteiger partial charge in [-0.05, 0) is 63.1 Å². The number of aromatic nitrogens is 2. The van der Waals surface area contributed by atoms with E-state index >= 15 is 0 Å². The van der Waals surface area contributed by atoms with Gasteiger partial charge in [-0.25, -0.2) is 14.8 Å². The number of likely N-dealkylation sites (N-methyl/N-ethyl adjacent to an activating group) is 1. The van der Waals surface area contributed by atoms with Crippen LogP contribution < -0.4 is 10.2 Å². The summed E-state index contributed by atoms with van der Waals surface area (Å²) in [6.07, 6.45) is 6.37. The molecule has 1 saturated heterocycles. The molecular formula is C28H39N5O5. The first-order chi connectivity index (χ1) is 18.0. The van der Waals surface area contributed by atoms with Crippen LogP contribution in [0, 0.1) is 5.92 Å². The van der Waals surface area contributed by atoms with Gasteiger partial charge >= 0.3 is 12.1 Å². The monoisotopic (exact) mass is 525 g/mol. The lowest BCUT2D eigenvalue weighted by molar-refractivity contribution is -0.141. The van der Waals surface area contributed by atoms with Crippen LogP contribution in [-0.2, 0) is 25.6 Å². The van der Waals surface area contributed by atoms with E-state index in [0.717, 1.165) is 49.0 Å². The minimum Gasteiger partial charge on any atom is -0.469 e. The Bertz CT molecular complexity index is 1090. The van der Waals surface area contributed by atoms with Gasteiger partial charge in [0.2, 0.25) is 11.9 Å². The van der Waals surface area contributed by atoms with Crippen molar-refractivity contribution in [2.45, 2.75) is 58.6 Å². The number of rotatable bonds is 9. The molecule has 0 unspecified atom stereocenters. The molecule has 2 amide bonds. The molecule has 206 valence electrons. The maximum absolute atomic E-state index is 12.5. The number of alkyl carbamates (subject to hydrolysis) is 1. The number of benzene rings is 1. The van der Waals surface area contributed by atoms with E-state index < -0.39 is 11.7 Å². The second kappa shape index (κ2) is 13.2. The van der Waals surface area contributed by atoms with Crippen LogP contribution in [0.3, 0.4) is 0 Å². The average Bonchev–Trinajstić information content (AvgIpc) is 2.90. The predicted octanol–water partition coefficient (Wildman–Crippen LogP) is 3.80.